The van der Waals surface area contributed by atoms with Crippen LogP contribution in [-0.2, 0) is 21.0 Å². The number of rotatable bonds is 7. The van der Waals surface area contributed by atoms with E-state index in [0.717, 1.165) is 18.4 Å². The smallest absolute Gasteiger partial charge is 0.362 e. The number of carbonyl (C=O) groups excluding carboxylic acids is 1. The summed E-state index contributed by atoms with van der Waals surface area (Å²) in [5.41, 5.74) is 0.320. The number of hydrogen-bond acceptors (Lipinski definition) is 5. The molecule has 0 spiro atoms. The number of alkyl halides is 3. The third kappa shape index (κ3) is 5.78. The maximum Gasteiger partial charge on any atom is 0.433 e. The Kier molecular flexibility index (Phi) is 6.84. The Morgan fingerprint density at radius 1 is 1.24 bits per heavy atom. The highest BCUT2D eigenvalue weighted by molar-refractivity contribution is 7.92. The van der Waals surface area contributed by atoms with Gasteiger partial charge in [0, 0.05) is 25.6 Å². The van der Waals surface area contributed by atoms with Crippen LogP contribution in [0.3, 0.4) is 0 Å². The molecule has 1 unspecified atom stereocenters. The Balaban J connectivity index is 1.74. The molecule has 1 fully saturated rings. The number of anilines is 2. The van der Waals surface area contributed by atoms with Gasteiger partial charge in [0.25, 0.3) is 0 Å². The molecule has 0 saturated heterocycles. The second-order valence-corrected chi connectivity index (χ2v) is 10.5. The largest absolute Gasteiger partial charge is 0.433 e. The zero-order valence-electron chi connectivity index (χ0n) is 19.3. The summed E-state index contributed by atoms with van der Waals surface area (Å²) in [5.74, 6) is -1.66. The molecule has 1 aliphatic rings. The normalized spacial score (nSPS) is 18.9. The number of benzene rings is 1. The maximum absolute atomic E-state index is 14.6. The second kappa shape index (κ2) is 9.05. The molecule has 1 aromatic heterocycles. The van der Waals surface area contributed by atoms with Crippen LogP contribution in [0.2, 0.25) is 0 Å². The molecule has 2 N–H and O–H groups in total. The van der Waals surface area contributed by atoms with E-state index < -0.39 is 39.7 Å². The zero-order valence-corrected chi connectivity index (χ0v) is 20.1. The molecular weight excluding hydrogens is 476 g/mol. The summed E-state index contributed by atoms with van der Waals surface area (Å²) in [6, 6.07) is 4.07. The highest BCUT2D eigenvalue weighted by Gasteiger charge is 2.46. The Morgan fingerprint density at radius 3 is 2.44 bits per heavy atom. The summed E-state index contributed by atoms with van der Waals surface area (Å²) in [6.07, 6.45) is -3.18. The topological polar surface area (TPSA) is 91.4 Å². The average molecular weight is 503 g/mol. The molecule has 12 heteroatoms. The number of amides is 1. The lowest BCUT2D eigenvalue weighted by Gasteiger charge is -2.19. The Hall–Kier alpha value is -2.89. The minimum Gasteiger partial charge on any atom is -0.362 e. The Labute approximate surface area is 195 Å². The van der Waals surface area contributed by atoms with Crippen molar-refractivity contribution < 1.29 is 30.8 Å². The summed E-state index contributed by atoms with van der Waals surface area (Å²) in [5, 5.41) is 2.75. The van der Waals surface area contributed by atoms with Crippen LogP contribution in [0.25, 0.3) is 0 Å². The molecule has 0 bridgehead atoms. The van der Waals surface area contributed by atoms with Crippen molar-refractivity contribution >= 4 is 27.4 Å². The van der Waals surface area contributed by atoms with Gasteiger partial charge in [0.1, 0.15) is 17.3 Å². The molecule has 1 aliphatic carbocycles. The van der Waals surface area contributed by atoms with Crippen LogP contribution in [0.1, 0.15) is 47.7 Å². The number of halogens is 4. The number of nitrogens with one attached hydrogen (secondary N) is 2. The van der Waals surface area contributed by atoms with E-state index >= 15 is 0 Å². The highest BCUT2D eigenvalue weighted by atomic mass is 32.2. The Bertz CT molecular complexity index is 1220. The molecule has 1 aromatic carbocycles. The van der Waals surface area contributed by atoms with Crippen molar-refractivity contribution in [2.45, 2.75) is 38.4 Å². The van der Waals surface area contributed by atoms with Crippen molar-refractivity contribution in [2.24, 2.45) is 5.92 Å². The van der Waals surface area contributed by atoms with Crippen molar-refractivity contribution in [1.82, 2.24) is 10.3 Å². The molecule has 1 amide bonds. The van der Waals surface area contributed by atoms with Gasteiger partial charge < -0.3 is 10.2 Å². The SMILES string of the molecule is Cc1cc([C@@H](C)NC(=O)C2C[C@@H]2c2ccc(C(F)(F)F)nc2N(C)C)c(F)cc1NS(C)(=O)=O. The predicted molar refractivity (Wildman–Crippen MR) is 121 cm³/mol. The fourth-order valence-electron chi connectivity index (χ4n) is 3.84. The van der Waals surface area contributed by atoms with Crippen LogP contribution in [0.4, 0.5) is 29.1 Å². The number of pyridine rings is 1. The summed E-state index contributed by atoms with van der Waals surface area (Å²) < 4.78 is 78.9. The van der Waals surface area contributed by atoms with Crippen LogP contribution in [0.5, 0.6) is 0 Å². The van der Waals surface area contributed by atoms with E-state index in [1.54, 1.807) is 27.9 Å². The van der Waals surface area contributed by atoms with Gasteiger partial charge in [-0.1, -0.05) is 6.07 Å². The minimum atomic E-state index is -4.58. The molecular formula is C22H26F4N4O3S. The van der Waals surface area contributed by atoms with E-state index in [9.17, 15) is 30.8 Å². The maximum atomic E-state index is 14.6. The number of carbonyl (C=O) groups is 1. The standard InChI is InChI=1S/C22H26F4N4O3S/c1-11-8-14(17(23)10-18(11)29-34(5,32)33)12(2)27-21(31)16-9-15(16)13-6-7-19(22(24,25)26)28-20(13)30(3)4/h6-8,10,12,15-16,29H,9H2,1-5H3,(H,27,31)/t12-,15-,16?/m1/s1. The fourth-order valence-corrected chi connectivity index (χ4v) is 4.46. The number of aromatic nitrogens is 1. The van der Waals surface area contributed by atoms with Crippen LogP contribution in [0, 0.1) is 18.7 Å². The van der Waals surface area contributed by atoms with Crippen LogP contribution in [0.15, 0.2) is 24.3 Å². The third-order valence-corrected chi connectivity index (χ3v) is 6.20. The van der Waals surface area contributed by atoms with Crippen molar-refractivity contribution in [3.8, 4) is 0 Å². The molecule has 34 heavy (non-hydrogen) atoms. The van der Waals surface area contributed by atoms with Crippen molar-refractivity contribution in [1.29, 1.82) is 0 Å². The average Bonchev–Trinajstić information content (AvgIpc) is 3.49. The Morgan fingerprint density at radius 2 is 1.88 bits per heavy atom. The number of aryl methyl sites for hydroxylation is 1. The van der Waals surface area contributed by atoms with E-state index in [1.807, 2.05) is 0 Å². The molecule has 7 nitrogen and oxygen atoms in total. The molecule has 2 aromatic rings. The number of sulfonamides is 1. The first kappa shape index (κ1) is 25.7. The lowest BCUT2D eigenvalue weighted by atomic mass is 10.0. The van der Waals surface area contributed by atoms with Crippen LogP contribution >= 0.6 is 0 Å². The first-order valence-corrected chi connectivity index (χ1v) is 12.3. The number of nitrogens with zero attached hydrogens (tertiary/aromatic N) is 2. The zero-order chi connectivity index (χ0) is 25.6. The molecule has 3 atom stereocenters. The van der Waals surface area contributed by atoms with Gasteiger partial charge >= 0.3 is 6.18 Å². The first-order valence-electron chi connectivity index (χ1n) is 10.4. The summed E-state index contributed by atoms with van der Waals surface area (Å²) in [6.45, 7) is 3.21. The monoisotopic (exact) mass is 502 g/mol. The van der Waals surface area contributed by atoms with E-state index in [4.69, 9.17) is 0 Å². The molecule has 186 valence electrons. The second-order valence-electron chi connectivity index (χ2n) is 8.74. The van der Waals surface area contributed by atoms with Crippen LogP contribution < -0.4 is 14.9 Å². The van der Waals surface area contributed by atoms with Gasteiger partial charge in [-0.3, -0.25) is 9.52 Å². The summed E-state index contributed by atoms with van der Waals surface area (Å²) >= 11 is 0. The highest BCUT2D eigenvalue weighted by Crippen LogP contribution is 2.50. The van der Waals surface area contributed by atoms with Gasteiger partial charge in [-0.05, 0) is 55.5 Å². The summed E-state index contributed by atoms with van der Waals surface area (Å²) in [4.78, 5) is 18.0. The molecule has 3 rings (SSSR count). The van der Waals surface area contributed by atoms with Crippen molar-refractivity contribution in [3.63, 3.8) is 0 Å². The predicted octanol–water partition coefficient (Wildman–Crippen LogP) is 3.97. The summed E-state index contributed by atoms with van der Waals surface area (Å²) in [7, 11) is -0.418. The lowest BCUT2D eigenvalue weighted by Crippen LogP contribution is -2.29. The van der Waals surface area contributed by atoms with Gasteiger partial charge in [-0.25, -0.2) is 17.8 Å². The molecule has 1 saturated carbocycles. The molecule has 0 aliphatic heterocycles. The van der Waals surface area contributed by atoms with Gasteiger partial charge in [-0.2, -0.15) is 13.2 Å². The van der Waals surface area contributed by atoms with E-state index in [1.165, 1.54) is 17.0 Å². The van der Waals surface area contributed by atoms with Gasteiger partial charge in [0.05, 0.1) is 18.0 Å². The van der Waals surface area contributed by atoms with Gasteiger partial charge in [0.2, 0.25) is 15.9 Å². The molecule has 1 heterocycles. The van der Waals surface area contributed by atoms with E-state index in [2.05, 4.69) is 15.0 Å². The van der Waals surface area contributed by atoms with Crippen molar-refractivity contribution in [3.05, 3.63) is 52.5 Å². The van der Waals surface area contributed by atoms with Crippen LogP contribution in [-0.4, -0.2) is 39.7 Å². The van der Waals surface area contributed by atoms with Gasteiger partial charge in [0.15, 0.2) is 0 Å². The van der Waals surface area contributed by atoms with Crippen molar-refractivity contribution in [2.75, 3.05) is 30.0 Å². The minimum absolute atomic E-state index is 0.107. The van der Waals surface area contributed by atoms with E-state index in [-0.39, 0.29) is 28.9 Å². The van der Waals surface area contributed by atoms with E-state index in [0.29, 0.717) is 17.5 Å². The van der Waals surface area contributed by atoms with Gasteiger partial charge in [-0.15, -0.1) is 0 Å². The first-order chi connectivity index (χ1) is 15.6. The quantitative estimate of drug-likeness (QED) is 0.560. The number of hydrogen-bond donors (Lipinski definition) is 2. The fraction of sp³-hybridized carbons (Fsp3) is 0.455. The third-order valence-electron chi connectivity index (χ3n) is 5.61. The lowest BCUT2D eigenvalue weighted by molar-refractivity contribution is -0.141. The molecule has 0 radical (unpaired) electrons.